The largest absolute Gasteiger partial charge is 0.372 e. The van der Waals surface area contributed by atoms with Gasteiger partial charge in [-0.15, -0.1) is 0 Å². The lowest BCUT2D eigenvalue weighted by molar-refractivity contribution is -0.130. The fourth-order valence-electron chi connectivity index (χ4n) is 4.97. The Hall–Kier alpha value is -3.76. The van der Waals surface area contributed by atoms with Crippen molar-refractivity contribution in [3.8, 4) is 0 Å². The monoisotopic (exact) mass is 546 g/mol. The van der Waals surface area contributed by atoms with E-state index < -0.39 is 0 Å². The van der Waals surface area contributed by atoms with Crippen LogP contribution in [0.5, 0.6) is 0 Å². The third-order valence-electron chi connectivity index (χ3n) is 7.19. The predicted molar refractivity (Wildman–Crippen MR) is 153 cm³/mol. The summed E-state index contributed by atoms with van der Waals surface area (Å²) in [4.78, 5) is 40.6. The number of benzene rings is 2. The van der Waals surface area contributed by atoms with Crippen LogP contribution in [-0.2, 0) is 31.9 Å². The molecule has 3 atom stereocenters. The number of ether oxygens (including phenoxy) is 2. The van der Waals surface area contributed by atoms with Gasteiger partial charge >= 0.3 is 0 Å². The third-order valence-corrected chi connectivity index (χ3v) is 7.19. The first-order chi connectivity index (χ1) is 19.4. The second-order valence-corrected chi connectivity index (χ2v) is 10.5. The molecule has 0 radical (unpaired) electrons. The number of H-pyrrole nitrogens is 2. The number of amides is 2. The molecule has 10 nitrogen and oxygen atoms in total. The van der Waals surface area contributed by atoms with E-state index in [1.807, 2.05) is 32.9 Å². The average molecular weight is 547 g/mol. The fourth-order valence-corrected chi connectivity index (χ4v) is 4.97. The quantitative estimate of drug-likeness (QED) is 0.197. The van der Waals surface area contributed by atoms with Crippen molar-refractivity contribution in [2.45, 2.75) is 71.1 Å². The van der Waals surface area contributed by atoms with E-state index in [0.717, 1.165) is 65.8 Å². The zero-order valence-electron chi connectivity index (χ0n) is 23.4. The van der Waals surface area contributed by atoms with Gasteiger partial charge in [0.25, 0.3) is 0 Å². The first kappa shape index (κ1) is 27.8. The molecule has 4 aromatic rings. The Labute approximate surface area is 233 Å². The smallest absolute Gasteiger partial charge is 0.249 e. The average Bonchev–Trinajstić information content (AvgIpc) is 3.71. The van der Waals surface area contributed by atoms with Gasteiger partial charge in [0.2, 0.25) is 11.8 Å². The summed E-state index contributed by atoms with van der Waals surface area (Å²) in [7, 11) is 0. The number of imidazole rings is 2. The lowest BCUT2D eigenvalue weighted by atomic mass is 10.0. The van der Waals surface area contributed by atoms with Crippen LogP contribution in [0.4, 0.5) is 0 Å². The number of hydrogen-bond acceptors (Lipinski definition) is 6. The molecular weight excluding hydrogens is 508 g/mol. The number of aromatic nitrogens is 4. The van der Waals surface area contributed by atoms with E-state index in [2.05, 4.69) is 44.9 Å². The molecular formula is C30H38N6O4. The van der Waals surface area contributed by atoms with Crippen LogP contribution in [0.15, 0.2) is 36.4 Å². The molecule has 1 aliphatic rings. The number of fused-ring (bicyclic) bond motifs is 2. The van der Waals surface area contributed by atoms with Crippen molar-refractivity contribution in [2.75, 3.05) is 19.8 Å². The minimum absolute atomic E-state index is 0.0549. The van der Waals surface area contributed by atoms with Crippen LogP contribution in [0, 0.1) is 0 Å². The topological polar surface area (TPSA) is 134 Å². The van der Waals surface area contributed by atoms with Gasteiger partial charge in [-0.05, 0) is 81.3 Å². The number of rotatable bonds is 12. The lowest BCUT2D eigenvalue weighted by Gasteiger charge is -2.14. The van der Waals surface area contributed by atoms with E-state index >= 15 is 0 Å². The van der Waals surface area contributed by atoms with Crippen LogP contribution in [-0.4, -0.2) is 57.7 Å². The molecule has 0 spiro atoms. The SMILES string of the molecule is CCCOCC(=O)N[C@@H](C)c1nc2cc(CCc3ccc4[nH]c([C@H](C)NC(=O)[C@H]5CCCO5)nc4c3)ccc2[nH]1. The molecule has 4 N–H and O–H groups in total. The van der Waals surface area contributed by atoms with Crippen LogP contribution >= 0.6 is 0 Å². The summed E-state index contributed by atoms with van der Waals surface area (Å²) in [5.74, 6) is 1.22. The van der Waals surface area contributed by atoms with Crippen LogP contribution < -0.4 is 10.6 Å². The third kappa shape index (κ3) is 6.68. The van der Waals surface area contributed by atoms with Gasteiger partial charge in [-0.3, -0.25) is 9.59 Å². The van der Waals surface area contributed by atoms with E-state index in [1.54, 1.807) is 0 Å². The van der Waals surface area contributed by atoms with E-state index in [-0.39, 0.29) is 36.6 Å². The molecule has 40 heavy (non-hydrogen) atoms. The van der Waals surface area contributed by atoms with Crippen LogP contribution in [0.1, 0.15) is 74.9 Å². The number of carbonyl (C=O) groups is 2. The van der Waals surface area contributed by atoms with Gasteiger partial charge < -0.3 is 30.1 Å². The maximum Gasteiger partial charge on any atom is 0.249 e. The highest BCUT2D eigenvalue weighted by Gasteiger charge is 2.25. The Kier molecular flexibility index (Phi) is 8.76. The number of hydrogen-bond donors (Lipinski definition) is 4. The molecule has 0 aliphatic carbocycles. The second kappa shape index (κ2) is 12.6. The highest BCUT2D eigenvalue weighted by atomic mass is 16.5. The first-order valence-electron chi connectivity index (χ1n) is 14.2. The molecule has 0 unspecified atom stereocenters. The van der Waals surface area contributed by atoms with Crippen LogP contribution in [0.2, 0.25) is 0 Å². The molecule has 1 aliphatic heterocycles. The highest BCUT2D eigenvalue weighted by Crippen LogP contribution is 2.22. The summed E-state index contributed by atoms with van der Waals surface area (Å²) < 4.78 is 10.8. The zero-order valence-corrected chi connectivity index (χ0v) is 23.4. The van der Waals surface area contributed by atoms with Gasteiger partial charge in [-0.2, -0.15) is 0 Å². The molecule has 1 fully saturated rings. The van der Waals surface area contributed by atoms with E-state index in [1.165, 1.54) is 11.1 Å². The first-order valence-corrected chi connectivity index (χ1v) is 14.2. The lowest BCUT2D eigenvalue weighted by Crippen LogP contribution is -2.36. The van der Waals surface area contributed by atoms with Gasteiger partial charge in [0.05, 0.1) is 34.2 Å². The molecule has 212 valence electrons. The van der Waals surface area contributed by atoms with Gasteiger partial charge in [0, 0.05) is 13.2 Å². The Morgan fingerprint density at radius 1 is 0.975 bits per heavy atom. The van der Waals surface area contributed by atoms with Crippen molar-refractivity contribution in [3.63, 3.8) is 0 Å². The van der Waals surface area contributed by atoms with E-state index in [4.69, 9.17) is 19.4 Å². The summed E-state index contributed by atoms with van der Waals surface area (Å²) in [5, 5.41) is 5.94. The molecule has 2 aromatic heterocycles. The fraction of sp³-hybridized carbons (Fsp3) is 0.467. The van der Waals surface area contributed by atoms with E-state index in [0.29, 0.717) is 13.2 Å². The second-order valence-electron chi connectivity index (χ2n) is 10.5. The number of aryl methyl sites for hydroxylation is 2. The van der Waals surface area contributed by atoms with Gasteiger partial charge in [-0.1, -0.05) is 19.1 Å². The van der Waals surface area contributed by atoms with Gasteiger partial charge in [-0.25, -0.2) is 9.97 Å². The summed E-state index contributed by atoms with van der Waals surface area (Å²) in [6.07, 6.45) is 3.93. The molecule has 3 heterocycles. The molecule has 2 aromatic carbocycles. The molecule has 1 saturated heterocycles. The Bertz CT molecular complexity index is 1470. The van der Waals surface area contributed by atoms with Crippen LogP contribution in [0.3, 0.4) is 0 Å². The summed E-state index contributed by atoms with van der Waals surface area (Å²) in [5.41, 5.74) is 6.01. The maximum atomic E-state index is 12.4. The van der Waals surface area contributed by atoms with Crippen molar-refractivity contribution in [1.29, 1.82) is 0 Å². The number of aromatic amines is 2. The number of nitrogens with zero attached hydrogens (tertiary/aromatic N) is 2. The zero-order chi connectivity index (χ0) is 28.1. The molecule has 2 amide bonds. The Balaban J connectivity index is 1.18. The van der Waals surface area contributed by atoms with Gasteiger partial charge in [0.15, 0.2) is 0 Å². The standard InChI is InChI=1S/C30H38N6O4/c1-4-13-39-17-27(37)31-18(2)28-33-22-11-9-20(15-24(22)35-28)7-8-21-10-12-23-25(16-21)36-29(34-23)19(3)32-30(38)26-6-5-14-40-26/h9-12,15-16,18-19,26H,4-8,13-14,17H2,1-3H3,(H,31,37)(H,32,38)(H,33,35)(H,34,36)/t18-,19-,26+/m0/s1. The minimum Gasteiger partial charge on any atom is -0.372 e. The summed E-state index contributed by atoms with van der Waals surface area (Å²) >= 11 is 0. The predicted octanol–water partition coefficient (Wildman–Crippen LogP) is 4.18. The van der Waals surface area contributed by atoms with Gasteiger partial charge in [0.1, 0.15) is 24.4 Å². The van der Waals surface area contributed by atoms with Crippen molar-refractivity contribution in [1.82, 2.24) is 30.6 Å². The van der Waals surface area contributed by atoms with Crippen molar-refractivity contribution in [3.05, 3.63) is 59.2 Å². The minimum atomic E-state index is -0.356. The number of nitrogens with one attached hydrogen (secondary N) is 4. The Morgan fingerprint density at radius 2 is 1.57 bits per heavy atom. The highest BCUT2D eigenvalue weighted by molar-refractivity contribution is 5.82. The van der Waals surface area contributed by atoms with E-state index in [9.17, 15) is 9.59 Å². The van der Waals surface area contributed by atoms with Crippen molar-refractivity contribution in [2.24, 2.45) is 0 Å². The maximum absolute atomic E-state index is 12.4. The van der Waals surface area contributed by atoms with Crippen molar-refractivity contribution < 1.29 is 19.1 Å². The molecule has 10 heteroatoms. The summed E-state index contributed by atoms with van der Waals surface area (Å²) in [6, 6.07) is 12.0. The van der Waals surface area contributed by atoms with Crippen molar-refractivity contribution >= 4 is 33.9 Å². The van der Waals surface area contributed by atoms with Crippen LogP contribution in [0.25, 0.3) is 22.1 Å². The Morgan fingerprint density at radius 3 is 2.12 bits per heavy atom. The molecule has 5 rings (SSSR count). The summed E-state index contributed by atoms with van der Waals surface area (Å²) in [6.45, 7) is 7.12. The number of carbonyl (C=O) groups excluding carboxylic acids is 2. The normalized spacial score (nSPS) is 16.8. The molecule has 0 saturated carbocycles. The molecule has 0 bridgehead atoms.